The van der Waals surface area contributed by atoms with E-state index in [9.17, 15) is 0 Å². The van der Waals surface area contributed by atoms with Gasteiger partial charge in [-0.1, -0.05) is 24.3 Å². The smallest absolute Gasteiger partial charge is 0.0209 e. The highest BCUT2D eigenvalue weighted by Crippen LogP contribution is 2.32. The average molecular weight is 280 g/mol. The first-order valence-corrected chi connectivity index (χ1v) is 5.63. The molecule has 0 heterocycles. The molecule has 64 valence electrons. The molecule has 1 aliphatic rings. The Labute approximate surface area is 91.1 Å². The average Bonchev–Trinajstić information content (AvgIpc) is 2.57. The lowest BCUT2D eigenvalue weighted by Crippen LogP contribution is -1.81. The highest BCUT2D eigenvalue weighted by atomic mass is 127. The number of hydrogen-bond donors (Lipinski definition) is 0. The van der Waals surface area contributed by atoms with Crippen molar-refractivity contribution in [3.05, 3.63) is 45.0 Å². The van der Waals surface area contributed by atoms with Crippen LogP contribution in [0.15, 0.2) is 30.3 Å². The molecule has 13 heavy (non-hydrogen) atoms. The second-order valence-corrected chi connectivity index (χ2v) is 4.71. The third kappa shape index (κ3) is 1.03. The van der Waals surface area contributed by atoms with E-state index in [1.807, 2.05) is 0 Å². The van der Waals surface area contributed by atoms with E-state index >= 15 is 0 Å². The van der Waals surface area contributed by atoms with Crippen LogP contribution in [0.5, 0.6) is 0 Å². The van der Waals surface area contributed by atoms with Crippen LogP contribution in [0.3, 0.4) is 0 Å². The first kappa shape index (κ1) is 7.80. The number of halogens is 1. The van der Waals surface area contributed by atoms with Gasteiger partial charge in [-0.05, 0) is 63.4 Å². The van der Waals surface area contributed by atoms with Crippen molar-refractivity contribution in [2.45, 2.75) is 12.8 Å². The molecule has 0 aromatic heterocycles. The minimum atomic E-state index is 1.23. The molecule has 0 unspecified atom stereocenters. The van der Waals surface area contributed by atoms with Gasteiger partial charge < -0.3 is 0 Å². The molecule has 0 N–H and O–H groups in total. The lowest BCUT2D eigenvalue weighted by atomic mass is 10.1. The van der Waals surface area contributed by atoms with E-state index in [0.717, 1.165) is 0 Å². The van der Waals surface area contributed by atoms with Gasteiger partial charge in [0.1, 0.15) is 0 Å². The first-order chi connectivity index (χ1) is 6.36. The van der Waals surface area contributed by atoms with Crippen LogP contribution in [0.4, 0.5) is 0 Å². The van der Waals surface area contributed by atoms with Gasteiger partial charge in [-0.2, -0.15) is 0 Å². The normalized spacial score (nSPS) is 13.9. The number of rotatable bonds is 0. The molecule has 1 aliphatic carbocycles. The molecule has 3 rings (SSSR count). The third-order valence-corrected chi connectivity index (χ3v) is 3.76. The lowest BCUT2D eigenvalue weighted by molar-refractivity contribution is 1.02. The molecule has 0 spiro atoms. The summed E-state index contributed by atoms with van der Waals surface area (Å²) in [4.78, 5) is 0. The van der Waals surface area contributed by atoms with E-state index in [2.05, 4.69) is 52.9 Å². The quantitative estimate of drug-likeness (QED) is 0.647. The Kier molecular flexibility index (Phi) is 1.62. The van der Waals surface area contributed by atoms with Crippen molar-refractivity contribution in [2.75, 3.05) is 0 Å². The highest BCUT2D eigenvalue weighted by Gasteiger charge is 2.14. The summed E-state index contributed by atoms with van der Waals surface area (Å²) in [5, 5.41) is 2.96. The standard InChI is InChI=1S/C12H9I/c13-11-7-6-9-5-4-8-2-1-3-10(11)12(8)9/h1-3,6-7H,4-5H2. The van der Waals surface area contributed by atoms with Crippen LogP contribution in [-0.2, 0) is 12.8 Å². The second kappa shape index (κ2) is 2.71. The van der Waals surface area contributed by atoms with E-state index in [0.29, 0.717) is 0 Å². The fourth-order valence-corrected chi connectivity index (χ4v) is 2.84. The van der Waals surface area contributed by atoms with Crippen LogP contribution in [0.1, 0.15) is 11.1 Å². The van der Waals surface area contributed by atoms with Gasteiger partial charge in [-0.15, -0.1) is 0 Å². The SMILES string of the molecule is Ic1ccc2c3c(cccc13)CC2. The summed E-state index contributed by atoms with van der Waals surface area (Å²) in [6, 6.07) is 11.2. The summed E-state index contributed by atoms with van der Waals surface area (Å²) in [6.07, 6.45) is 2.46. The molecule has 0 atom stereocenters. The maximum Gasteiger partial charge on any atom is 0.0209 e. The van der Waals surface area contributed by atoms with Crippen molar-refractivity contribution in [3.63, 3.8) is 0 Å². The van der Waals surface area contributed by atoms with E-state index in [1.165, 1.54) is 38.3 Å². The van der Waals surface area contributed by atoms with E-state index < -0.39 is 0 Å². The predicted octanol–water partition coefficient (Wildman–Crippen LogP) is 3.54. The molecular weight excluding hydrogens is 271 g/mol. The predicted molar refractivity (Wildman–Crippen MR) is 64.1 cm³/mol. The molecular formula is C12H9I. The van der Waals surface area contributed by atoms with E-state index in [1.54, 1.807) is 0 Å². The van der Waals surface area contributed by atoms with Gasteiger partial charge in [-0.3, -0.25) is 0 Å². The lowest BCUT2D eigenvalue weighted by Gasteiger charge is -2.02. The number of aryl methyl sites for hydroxylation is 2. The summed E-state index contributed by atoms with van der Waals surface area (Å²) >= 11 is 2.42. The minimum absolute atomic E-state index is 1.23. The van der Waals surface area contributed by atoms with Crippen LogP contribution in [-0.4, -0.2) is 0 Å². The van der Waals surface area contributed by atoms with Crippen molar-refractivity contribution in [3.8, 4) is 0 Å². The summed E-state index contributed by atoms with van der Waals surface area (Å²) in [5.74, 6) is 0. The fourth-order valence-electron chi connectivity index (χ4n) is 2.21. The Morgan fingerprint density at radius 3 is 2.54 bits per heavy atom. The molecule has 1 heteroatoms. The molecule has 0 aliphatic heterocycles. The van der Waals surface area contributed by atoms with Crippen LogP contribution in [0, 0.1) is 3.57 Å². The first-order valence-electron chi connectivity index (χ1n) is 4.55. The van der Waals surface area contributed by atoms with Crippen molar-refractivity contribution in [2.24, 2.45) is 0 Å². The highest BCUT2D eigenvalue weighted by molar-refractivity contribution is 14.1. The number of benzene rings is 2. The van der Waals surface area contributed by atoms with Gasteiger partial charge in [0.2, 0.25) is 0 Å². The molecule has 0 bridgehead atoms. The summed E-state index contributed by atoms with van der Waals surface area (Å²) in [5.41, 5.74) is 3.07. The fraction of sp³-hybridized carbons (Fsp3) is 0.167. The van der Waals surface area contributed by atoms with Crippen molar-refractivity contribution in [1.82, 2.24) is 0 Å². The van der Waals surface area contributed by atoms with E-state index in [4.69, 9.17) is 0 Å². The Balaban J connectivity index is 2.58. The van der Waals surface area contributed by atoms with Gasteiger partial charge in [0.15, 0.2) is 0 Å². The zero-order valence-corrected chi connectivity index (χ0v) is 9.34. The number of hydrogen-bond acceptors (Lipinski definition) is 0. The van der Waals surface area contributed by atoms with Gasteiger partial charge in [0.05, 0.1) is 0 Å². The van der Waals surface area contributed by atoms with Gasteiger partial charge in [0.25, 0.3) is 0 Å². The van der Waals surface area contributed by atoms with E-state index in [-0.39, 0.29) is 0 Å². The second-order valence-electron chi connectivity index (χ2n) is 3.55. The molecule has 0 amide bonds. The molecule has 0 fully saturated rings. The summed E-state index contributed by atoms with van der Waals surface area (Å²) in [7, 11) is 0. The Morgan fingerprint density at radius 2 is 1.69 bits per heavy atom. The maximum atomic E-state index is 2.42. The maximum absolute atomic E-state index is 2.42. The topological polar surface area (TPSA) is 0 Å². The summed E-state index contributed by atoms with van der Waals surface area (Å²) in [6.45, 7) is 0. The largest absolute Gasteiger partial charge is 0.0613 e. The zero-order chi connectivity index (χ0) is 8.84. The Bertz CT molecular complexity index is 475. The van der Waals surface area contributed by atoms with Gasteiger partial charge in [-0.25, -0.2) is 0 Å². The van der Waals surface area contributed by atoms with Crippen LogP contribution >= 0.6 is 22.6 Å². The van der Waals surface area contributed by atoms with Crippen molar-refractivity contribution < 1.29 is 0 Å². The minimum Gasteiger partial charge on any atom is -0.0613 e. The third-order valence-electron chi connectivity index (χ3n) is 2.82. The van der Waals surface area contributed by atoms with Crippen LogP contribution in [0.25, 0.3) is 10.8 Å². The Morgan fingerprint density at radius 1 is 0.923 bits per heavy atom. The van der Waals surface area contributed by atoms with Gasteiger partial charge in [0, 0.05) is 3.57 Å². The molecule has 0 nitrogen and oxygen atoms in total. The van der Waals surface area contributed by atoms with Crippen molar-refractivity contribution >= 4 is 33.4 Å². The van der Waals surface area contributed by atoms with Crippen LogP contribution < -0.4 is 0 Å². The van der Waals surface area contributed by atoms with Crippen LogP contribution in [0.2, 0.25) is 0 Å². The molecule has 0 radical (unpaired) electrons. The molecule has 0 saturated carbocycles. The molecule has 2 aromatic carbocycles. The molecule has 0 saturated heterocycles. The Hall–Kier alpha value is -0.570. The zero-order valence-electron chi connectivity index (χ0n) is 7.18. The monoisotopic (exact) mass is 280 g/mol. The van der Waals surface area contributed by atoms with Gasteiger partial charge >= 0.3 is 0 Å². The van der Waals surface area contributed by atoms with Crippen molar-refractivity contribution in [1.29, 1.82) is 0 Å². The molecule has 2 aromatic rings. The summed E-state index contributed by atoms with van der Waals surface area (Å²) < 4.78 is 1.38.